The largest absolute Gasteiger partial charge is 0.379 e. The first-order valence-electron chi connectivity index (χ1n) is 5.78. The summed E-state index contributed by atoms with van der Waals surface area (Å²) in [5.74, 6) is 0. The highest BCUT2D eigenvalue weighted by Crippen LogP contribution is 2.32. The molecule has 0 amide bonds. The second kappa shape index (κ2) is 6.23. The van der Waals surface area contributed by atoms with Gasteiger partial charge < -0.3 is 5.32 Å². The Kier molecular flexibility index (Phi) is 4.62. The maximum absolute atomic E-state index is 8.88. The fourth-order valence-corrected chi connectivity index (χ4v) is 3.51. The first-order chi connectivity index (χ1) is 9.10. The highest BCUT2D eigenvalue weighted by molar-refractivity contribution is 9.11. The van der Waals surface area contributed by atoms with Gasteiger partial charge in [-0.2, -0.15) is 5.26 Å². The third-order valence-electron chi connectivity index (χ3n) is 2.71. The Bertz CT molecular complexity index is 622. The second-order valence-corrected chi connectivity index (χ2v) is 5.98. The van der Waals surface area contributed by atoms with Crippen molar-refractivity contribution in [2.75, 3.05) is 5.32 Å². The zero-order chi connectivity index (χ0) is 13.8. The maximum atomic E-state index is 8.88. The fourth-order valence-electron chi connectivity index (χ4n) is 1.81. The van der Waals surface area contributed by atoms with E-state index in [0.29, 0.717) is 12.1 Å². The average Bonchev–Trinajstić information content (AvgIpc) is 2.37. The second-order valence-electron chi connectivity index (χ2n) is 4.27. The fraction of sp³-hybridized carbons (Fsp3) is 0.133. The van der Waals surface area contributed by atoms with E-state index in [1.165, 1.54) is 5.56 Å². The topological polar surface area (TPSA) is 35.8 Å². The van der Waals surface area contributed by atoms with E-state index < -0.39 is 0 Å². The van der Waals surface area contributed by atoms with Crippen LogP contribution in [0.4, 0.5) is 5.69 Å². The monoisotopic (exact) mass is 378 g/mol. The lowest BCUT2D eigenvalue weighted by Crippen LogP contribution is -2.01. The Morgan fingerprint density at radius 1 is 1.16 bits per heavy atom. The van der Waals surface area contributed by atoms with Crippen LogP contribution in [-0.4, -0.2) is 0 Å². The van der Waals surface area contributed by atoms with Crippen LogP contribution in [0.1, 0.15) is 16.7 Å². The summed E-state index contributed by atoms with van der Waals surface area (Å²) in [7, 11) is 0. The van der Waals surface area contributed by atoms with Gasteiger partial charge in [-0.1, -0.05) is 12.1 Å². The number of hydrogen-bond donors (Lipinski definition) is 1. The van der Waals surface area contributed by atoms with Crippen molar-refractivity contribution in [3.05, 3.63) is 62.0 Å². The lowest BCUT2D eigenvalue weighted by atomic mass is 10.1. The Balaban J connectivity index is 2.17. The summed E-state index contributed by atoms with van der Waals surface area (Å²) in [6.07, 6.45) is 0. The molecule has 1 N–H and O–H groups in total. The molecule has 19 heavy (non-hydrogen) atoms. The SMILES string of the molecule is Cc1cc(Br)c(NCc2cccc(C#N)c2)c(Br)c1. The predicted molar refractivity (Wildman–Crippen MR) is 85.1 cm³/mol. The van der Waals surface area contributed by atoms with Crippen molar-refractivity contribution in [1.29, 1.82) is 5.26 Å². The highest BCUT2D eigenvalue weighted by Gasteiger charge is 2.06. The molecule has 0 spiro atoms. The van der Waals surface area contributed by atoms with Crippen LogP contribution >= 0.6 is 31.9 Å². The van der Waals surface area contributed by atoms with Crippen molar-refractivity contribution in [1.82, 2.24) is 0 Å². The van der Waals surface area contributed by atoms with Crippen molar-refractivity contribution in [3.8, 4) is 6.07 Å². The van der Waals surface area contributed by atoms with Gasteiger partial charge in [0, 0.05) is 15.5 Å². The van der Waals surface area contributed by atoms with E-state index >= 15 is 0 Å². The first kappa shape index (κ1) is 14.1. The number of hydrogen-bond acceptors (Lipinski definition) is 2. The summed E-state index contributed by atoms with van der Waals surface area (Å²) < 4.78 is 2.05. The van der Waals surface area contributed by atoms with Crippen molar-refractivity contribution in [2.45, 2.75) is 13.5 Å². The number of anilines is 1. The van der Waals surface area contributed by atoms with Crippen LogP contribution in [0.25, 0.3) is 0 Å². The normalized spacial score (nSPS) is 10.0. The number of halogens is 2. The van der Waals surface area contributed by atoms with E-state index in [1.807, 2.05) is 18.2 Å². The molecule has 0 saturated heterocycles. The molecule has 4 heteroatoms. The van der Waals surface area contributed by atoms with E-state index in [2.05, 4.69) is 62.3 Å². The van der Waals surface area contributed by atoms with Crippen molar-refractivity contribution in [3.63, 3.8) is 0 Å². The summed E-state index contributed by atoms with van der Waals surface area (Å²) in [6, 6.07) is 13.9. The number of nitrogens with one attached hydrogen (secondary N) is 1. The number of nitrogens with zero attached hydrogens (tertiary/aromatic N) is 1. The van der Waals surface area contributed by atoms with Gasteiger partial charge in [0.25, 0.3) is 0 Å². The van der Waals surface area contributed by atoms with Crippen LogP contribution in [-0.2, 0) is 6.54 Å². The lowest BCUT2D eigenvalue weighted by molar-refractivity contribution is 1.14. The molecule has 0 bridgehead atoms. The van der Waals surface area contributed by atoms with Gasteiger partial charge >= 0.3 is 0 Å². The molecule has 2 rings (SSSR count). The minimum atomic E-state index is 0.676. The maximum Gasteiger partial charge on any atom is 0.0991 e. The summed E-state index contributed by atoms with van der Waals surface area (Å²) in [5, 5.41) is 12.3. The van der Waals surface area contributed by atoms with Gasteiger partial charge in [-0.05, 0) is 74.2 Å². The molecule has 2 nitrogen and oxygen atoms in total. The highest BCUT2D eigenvalue weighted by atomic mass is 79.9. The molecule has 0 aliphatic carbocycles. The molecule has 0 heterocycles. The van der Waals surface area contributed by atoms with E-state index in [0.717, 1.165) is 20.2 Å². The Hall–Kier alpha value is -1.31. The van der Waals surface area contributed by atoms with Crippen molar-refractivity contribution < 1.29 is 0 Å². The van der Waals surface area contributed by atoms with E-state index in [4.69, 9.17) is 5.26 Å². The third kappa shape index (κ3) is 3.59. The van der Waals surface area contributed by atoms with Crippen LogP contribution in [0.5, 0.6) is 0 Å². The van der Waals surface area contributed by atoms with Crippen LogP contribution in [0.2, 0.25) is 0 Å². The smallest absolute Gasteiger partial charge is 0.0991 e. The zero-order valence-electron chi connectivity index (χ0n) is 10.4. The minimum Gasteiger partial charge on any atom is -0.379 e. The Morgan fingerprint density at radius 3 is 2.47 bits per heavy atom. The quantitative estimate of drug-likeness (QED) is 0.813. The number of benzene rings is 2. The molecule has 0 radical (unpaired) electrons. The molecule has 0 saturated carbocycles. The zero-order valence-corrected chi connectivity index (χ0v) is 13.5. The van der Waals surface area contributed by atoms with Gasteiger partial charge in [-0.3, -0.25) is 0 Å². The molecule has 2 aromatic rings. The van der Waals surface area contributed by atoms with Crippen LogP contribution < -0.4 is 5.32 Å². The molecule has 0 atom stereocenters. The van der Waals surface area contributed by atoms with Crippen LogP contribution in [0.3, 0.4) is 0 Å². The minimum absolute atomic E-state index is 0.676. The van der Waals surface area contributed by atoms with E-state index in [9.17, 15) is 0 Å². The Labute approximate surface area is 129 Å². The van der Waals surface area contributed by atoms with Gasteiger partial charge in [0.1, 0.15) is 0 Å². The van der Waals surface area contributed by atoms with Gasteiger partial charge in [0.15, 0.2) is 0 Å². The predicted octanol–water partition coefficient (Wildman–Crippen LogP) is 5.00. The van der Waals surface area contributed by atoms with Crippen molar-refractivity contribution in [2.24, 2.45) is 0 Å². The summed E-state index contributed by atoms with van der Waals surface area (Å²) in [5.41, 5.74) is 3.98. The third-order valence-corrected chi connectivity index (χ3v) is 3.96. The van der Waals surface area contributed by atoms with Gasteiger partial charge in [-0.15, -0.1) is 0 Å². The molecule has 96 valence electrons. The Morgan fingerprint density at radius 2 is 1.84 bits per heavy atom. The van der Waals surface area contributed by atoms with Crippen LogP contribution in [0, 0.1) is 18.3 Å². The van der Waals surface area contributed by atoms with Gasteiger partial charge in [-0.25, -0.2) is 0 Å². The number of nitriles is 1. The van der Waals surface area contributed by atoms with Gasteiger partial charge in [0.05, 0.1) is 17.3 Å². The molecule has 0 aliphatic heterocycles. The van der Waals surface area contributed by atoms with Crippen molar-refractivity contribution >= 4 is 37.5 Å². The first-order valence-corrected chi connectivity index (χ1v) is 7.37. The number of rotatable bonds is 3. The molecule has 0 aliphatic rings. The van der Waals surface area contributed by atoms with Crippen LogP contribution in [0.15, 0.2) is 45.3 Å². The standard InChI is InChI=1S/C15H12Br2N2/c1-10-5-13(16)15(14(17)6-10)19-9-12-4-2-3-11(7-12)8-18/h2-7,19H,9H2,1H3. The summed E-state index contributed by atoms with van der Waals surface area (Å²) in [6.45, 7) is 2.73. The summed E-state index contributed by atoms with van der Waals surface area (Å²) >= 11 is 7.11. The number of aryl methyl sites for hydroxylation is 1. The molecule has 0 fully saturated rings. The summed E-state index contributed by atoms with van der Waals surface area (Å²) in [4.78, 5) is 0. The molecule has 0 aromatic heterocycles. The van der Waals surface area contributed by atoms with E-state index in [1.54, 1.807) is 6.07 Å². The molecule has 2 aromatic carbocycles. The molecule has 0 unspecified atom stereocenters. The van der Waals surface area contributed by atoms with Gasteiger partial charge in [0.2, 0.25) is 0 Å². The lowest BCUT2D eigenvalue weighted by Gasteiger charge is -2.12. The molecular weight excluding hydrogens is 368 g/mol. The molecular formula is C15H12Br2N2. The van der Waals surface area contributed by atoms with E-state index in [-0.39, 0.29) is 0 Å². The average molecular weight is 380 g/mol.